The number of benzene rings is 1. The molecule has 1 aromatic carbocycles. The maximum Gasteiger partial charge on any atom is 0.265 e. The summed E-state index contributed by atoms with van der Waals surface area (Å²) in [5.74, 6) is -0.703. The smallest absolute Gasteiger partial charge is 0.265 e. The first-order chi connectivity index (χ1) is 9.31. The Morgan fingerprint density at radius 1 is 1.35 bits per heavy atom. The molecule has 0 aliphatic heterocycles. The Kier molecular flexibility index (Phi) is 3.49. The first-order valence-corrected chi connectivity index (χ1v) is 7.21. The Morgan fingerprint density at radius 3 is 2.55 bits per heavy atom. The van der Waals surface area contributed by atoms with Crippen molar-refractivity contribution in [3.63, 3.8) is 0 Å². The standard InChI is InChI=1S/C12H14N4O3S/c1-8-11(7-16(2)14-8)20(18,19)15-10-6-4-3-5-9(10)12(13)17/h3-7,15H,1-2H3,(H2,13,17). The van der Waals surface area contributed by atoms with Crippen molar-refractivity contribution < 1.29 is 13.2 Å². The Hall–Kier alpha value is -2.35. The van der Waals surface area contributed by atoms with Gasteiger partial charge in [-0.2, -0.15) is 5.10 Å². The van der Waals surface area contributed by atoms with Crippen LogP contribution >= 0.6 is 0 Å². The number of aromatic nitrogens is 2. The Morgan fingerprint density at radius 2 is 2.00 bits per heavy atom. The van der Waals surface area contributed by atoms with Gasteiger partial charge in [0, 0.05) is 13.2 Å². The van der Waals surface area contributed by atoms with E-state index in [0.29, 0.717) is 5.69 Å². The lowest BCUT2D eigenvalue weighted by Gasteiger charge is -2.09. The summed E-state index contributed by atoms with van der Waals surface area (Å²) in [6, 6.07) is 6.15. The number of aryl methyl sites for hydroxylation is 2. The number of anilines is 1. The Bertz CT molecular complexity index is 765. The molecule has 0 unspecified atom stereocenters. The molecule has 2 aromatic rings. The molecule has 0 aliphatic rings. The SMILES string of the molecule is Cc1nn(C)cc1S(=O)(=O)Nc1ccccc1C(N)=O. The van der Waals surface area contributed by atoms with Gasteiger partial charge in [-0.3, -0.25) is 14.2 Å². The molecule has 7 nitrogen and oxygen atoms in total. The second kappa shape index (κ2) is 4.97. The quantitative estimate of drug-likeness (QED) is 0.862. The monoisotopic (exact) mass is 294 g/mol. The highest BCUT2D eigenvalue weighted by Gasteiger charge is 2.21. The van der Waals surface area contributed by atoms with Crippen molar-refractivity contribution in [2.75, 3.05) is 4.72 Å². The fourth-order valence-electron chi connectivity index (χ4n) is 1.83. The molecular formula is C12H14N4O3S. The molecule has 2 rings (SSSR count). The first kappa shape index (κ1) is 14.1. The molecule has 0 saturated carbocycles. The highest BCUT2D eigenvalue weighted by atomic mass is 32.2. The summed E-state index contributed by atoms with van der Waals surface area (Å²) in [6.45, 7) is 1.59. The van der Waals surface area contributed by atoms with Crippen LogP contribution in [0.4, 0.5) is 5.69 Å². The van der Waals surface area contributed by atoms with E-state index in [1.807, 2.05) is 0 Å². The lowest BCUT2D eigenvalue weighted by Crippen LogP contribution is -2.18. The van der Waals surface area contributed by atoms with Gasteiger partial charge < -0.3 is 5.73 Å². The van der Waals surface area contributed by atoms with Crippen molar-refractivity contribution >= 4 is 21.6 Å². The van der Waals surface area contributed by atoms with Crippen LogP contribution in [0.25, 0.3) is 0 Å². The number of para-hydroxylation sites is 1. The van der Waals surface area contributed by atoms with Crippen LogP contribution in [-0.4, -0.2) is 24.1 Å². The molecule has 0 radical (unpaired) electrons. The Balaban J connectivity index is 2.44. The predicted octanol–water partition coefficient (Wildman–Crippen LogP) is 0.628. The maximum atomic E-state index is 12.3. The number of nitrogens with two attached hydrogens (primary N) is 1. The number of hydrogen-bond donors (Lipinski definition) is 2. The molecule has 106 valence electrons. The molecule has 0 spiro atoms. The van der Waals surface area contributed by atoms with Gasteiger partial charge in [-0.15, -0.1) is 0 Å². The molecule has 1 aromatic heterocycles. The van der Waals surface area contributed by atoms with E-state index in [9.17, 15) is 13.2 Å². The average molecular weight is 294 g/mol. The molecule has 8 heteroatoms. The van der Waals surface area contributed by atoms with Crippen LogP contribution in [0.3, 0.4) is 0 Å². The van der Waals surface area contributed by atoms with Crippen LogP contribution in [-0.2, 0) is 17.1 Å². The maximum absolute atomic E-state index is 12.3. The molecular weight excluding hydrogens is 280 g/mol. The van der Waals surface area contributed by atoms with Crippen molar-refractivity contribution in [2.24, 2.45) is 12.8 Å². The summed E-state index contributed by atoms with van der Waals surface area (Å²) in [7, 11) is -2.19. The summed E-state index contributed by atoms with van der Waals surface area (Å²) >= 11 is 0. The largest absolute Gasteiger partial charge is 0.366 e. The number of hydrogen-bond acceptors (Lipinski definition) is 4. The molecule has 0 saturated heterocycles. The van der Waals surface area contributed by atoms with E-state index in [2.05, 4.69) is 9.82 Å². The molecule has 0 aliphatic carbocycles. The van der Waals surface area contributed by atoms with Crippen LogP contribution in [0.15, 0.2) is 35.4 Å². The van der Waals surface area contributed by atoms with Crippen LogP contribution in [0, 0.1) is 6.92 Å². The molecule has 1 amide bonds. The molecule has 0 bridgehead atoms. The van der Waals surface area contributed by atoms with E-state index in [1.54, 1.807) is 26.1 Å². The highest BCUT2D eigenvalue weighted by molar-refractivity contribution is 7.92. The average Bonchev–Trinajstić information content (AvgIpc) is 2.69. The molecule has 0 fully saturated rings. The lowest BCUT2D eigenvalue weighted by atomic mass is 10.2. The van der Waals surface area contributed by atoms with Gasteiger partial charge in [0.15, 0.2) is 0 Å². The number of carbonyl (C=O) groups is 1. The lowest BCUT2D eigenvalue weighted by molar-refractivity contribution is 0.100. The van der Waals surface area contributed by atoms with Gasteiger partial charge in [0.2, 0.25) is 0 Å². The van der Waals surface area contributed by atoms with Crippen molar-refractivity contribution in [1.29, 1.82) is 0 Å². The number of nitrogens with zero attached hydrogens (tertiary/aromatic N) is 2. The summed E-state index contributed by atoms with van der Waals surface area (Å²) in [6.07, 6.45) is 1.39. The van der Waals surface area contributed by atoms with Gasteiger partial charge in [-0.25, -0.2) is 8.42 Å². The van der Waals surface area contributed by atoms with E-state index < -0.39 is 15.9 Å². The molecule has 1 heterocycles. The molecule has 3 N–H and O–H groups in total. The summed E-state index contributed by atoms with van der Waals surface area (Å²) in [5, 5.41) is 3.98. The fraction of sp³-hybridized carbons (Fsp3) is 0.167. The zero-order valence-electron chi connectivity index (χ0n) is 11.0. The summed E-state index contributed by atoms with van der Waals surface area (Å²) in [4.78, 5) is 11.3. The third kappa shape index (κ3) is 2.64. The minimum Gasteiger partial charge on any atom is -0.366 e. The Labute approximate surface area is 116 Å². The topological polar surface area (TPSA) is 107 Å². The van der Waals surface area contributed by atoms with E-state index in [1.165, 1.54) is 23.0 Å². The zero-order valence-corrected chi connectivity index (χ0v) is 11.8. The van der Waals surface area contributed by atoms with Gasteiger partial charge in [0.1, 0.15) is 4.90 Å². The summed E-state index contributed by atoms with van der Waals surface area (Å²) in [5.41, 5.74) is 5.84. The second-order valence-corrected chi connectivity index (χ2v) is 5.92. The van der Waals surface area contributed by atoms with Crippen LogP contribution < -0.4 is 10.5 Å². The van der Waals surface area contributed by atoms with Crippen molar-refractivity contribution in [3.8, 4) is 0 Å². The number of amides is 1. The minimum atomic E-state index is -3.82. The van der Waals surface area contributed by atoms with Gasteiger partial charge in [-0.05, 0) is 19.1 Å². The molecule has 0 atom stereocenters. The van der Waals surface area contributed by atoms with E-state index >= 15 is 0 Å². The van der Waals surface area contributed by atoms with Crippen molar-refractivity contribution in [1.82, 2.24) is 9.78 Å². The van der Waals surface area contributed by atoms with Gasteiger partial charge in [-0.1, -0.05) is 12.1 Å². The van der Waals surface area contributed by atoms with Crippen molar-refractivity contribution in [2.45, 2.75) is 11.8 Å². The normalized spacial score (nSPS) is 11.3. The van der Waals surface area contributed by atoms with Crippen molar-refractivity contribution in [3.05, 3.63) is 41.7 Å². The van der Waals surface area contributed by atoms with Gasteiger partial charge >= 0.3 is 0 Å². The first-order valence-electron chi connectivity index (χ1n) is 5.73. The number of sulfonamides is 1. The number of rotatable bonds is 4. The molecule has 20 heavy (non-hydrogen) atoms. The minimum absolute atomic E-state index is 0.0549. The second-order valence-electron chi connectivity index (χ2n) is 4.27. The highest BCUT2D eigenvalue weighted by Crippen LogP contribution is 2.21. The number of carbonyl (C=O) groups excluding carboxylic acids is 1. The number of nitrogens with one attached hydrogen (secondary N) is 1. The van der Waals surface area contributed by atoms with Gasteiger partial charge in [0.05, 0.1) is 16.9 Å². The third-order valence-electron chi connectivity index (χ3n) is 2.69. The van der Waals surface area contributed by atoms with E-state index in [0.717, 1.165) is 0 Å². The van der Waals surface area contributed by atoms with Gasteiger partial charge in [0.25, 0.3) is 15.9 Å². The zero-order chi connectivity index (χ0) is 14.9. The fourth-order valence-corrected chi connectivity index (χ4v) is 3.13. The van der Waals surface area contributed by atoms with E-state index in [4.69, 9.17) is 5.73 Å². The summed E-state index contributed by atoms with van der Waals surface area (Å²) < 4.78 is 28.4. The number of primary amides is 1. The predicted molar refractivity (Wildman–Crippen MR) is 73.7 cm³/mol. The van der Waals surface area contributed by atoms with Crippen LogP contribution in [0.2, 0.25) is 0 Å². The van der Waals surface area contributed by atoms with Crippen LogP contribution in [0.5, 0.6) is 0 Å². The van der Waals surface area contributed by atoms with E-state index in [-0.39, 0.29) is 16.1 Å². The van der Waals surface area contributed by atoms with Crippen LogP contribution in [0.1, 0.15) is 16.1 Å². The third-order valence-corrected chi connectivity index (χ3v) is 4.16.